The van der Waals surface area contributed by atoms with E-state index in [2.05, 4.69) is 35.1 Å². The zero-order valence-corrected chi connectivity index (χ0v) is 15.4. The van der Waals surface area contributed by atoms with Gasteiger partial charge in [-0.1, -0.05) is 32.0 Å². The molecule has 0 spiro atoms. The van der Waals surface area contributed by atoms with E-state index in [1.165, 1.54) is 19.3 Å². The van der Waals surface area contributed by atoms with Gasteiger partial charge in [-0.3, -0.25) is 4.79 Å². The number of para-hydroxylation sites is 1. The summed E-state index contributed by atoms with van der Waals surface area (Å²) >= 11 is 0. The predicted octanol–water partition coefficient (Wildman–Crippen LogP) is 4.76. The summed E-state index contributed by atoms with van der Waals surface area (Å²) in [4.78, 5) is 19.4. The molecule has 2 heterocycles. The van der Waals surface area contributed by atoms with Gasteiger partial charge in [0.15, 0.2) is 0 Å². The zero-order valence-electron chi connectivity index (χ0n) is 15.4. The Balaban J connectivity index is 1.76. The lowest BCUT2D eigenvalue weighted by atomic mass is 9.98. The summed E-state index contributed by atoms with van der Waals surface area (Å²) in [6.45, 7) is 8.45. The summed E-state index contributed by atoms with van der Waals surface area (Å²) in [5.41, 5.74) is 4.70. The van der Waals surface area contributed by atoms with Crippen LogP contribution in [0.2, 0.25) is 0 Å². The Hall–Kier alpha value is -2.36. The molecule has 1 aliphatic heterocycles. The molecule has 1 saturated heterocycles. The second-order valence-electron chi connectivity index (χ2n) is 7.10. The molecule has 25 heavy (non-hydrogen) atoms. The smallest absolute Gasteiger partial charge is 0.274 e. The lowest BCUT2D eigenvalue weighted by Crippen LogP contribution is -2.29. The van der Waals surface area contributed by atoms with Crippen molar-refractivity contribution in [3.63, 3.8) is 0 Å². The highest BCUT2D eigenvalue weighted by molar-refractivity contribution is 6.03. The van der Waals surface area contributed by atoms with Crippen LogP contribution in [0, 0.1) is 6.92 Å². The van der Waals surface area contributed by atoms with E-state index in [1.54, 1.807) is 0 Å². The van der Waals surface area contributed by atoms with Crippen LogP contribution in [0.4, 0.5) is 11.4 Å². The highest BCUT2D eigenvalue weighted by Gasteiger charge is 2.15. The molecule has 3 rings (SSSR count). The van der Waals surface area contributed by atoms with E-state index in [0.29, 0.717) is 11.6 Å². The molecule has 132 valence electrons. The van der Waals surface area contributed by atoms with Crippen molar-refractivity contribution in [2.24, 2.45) is 0 Å². The van der Waals surface area contributed by atoms with E-state index in [1.807, 2.05) is 37.4 Å². The number of anilines is 2. The lowest BCUT2D eigenvalue weighted by molar-refractivity contribution is 0.102. The molecule has 0 aliphatic carbocycles. The molecule has 0 atom stereocenters. The molecule has 0 unspecified atom stereocenters. The molecule has 1 N–H and O–H groups in total. The Morgan fingerprint density at radius 2 is 1.88 bits per heavy atom. The molecule has 1 aromatic heterocycles. The second kappa shape index (κ2) is 7.68. The molecular formula is C21H27N3O. The number of aromatic nitrogens is 1. The van der Waals surface area contributed by atoms with Gasteiger partial charge in [-0.25, -0.2) is 4.98 Å². The summed E-state index contributed by atoms with van der Waals surface area (Å²) < 4.78 is 0. The minimum Gasteiger partial charge on any atom is -0.370 e. The Morgan fingerprint density at radius 1 is 1.12 bits per heavy atom. The third-order valence-corrected chi connectivity index (χ3v) is 4.87. The minimum atomic E-state index is -0.151. The fraction of sp³-hybridized carbons (Fsp3) is 0.429. The maximum absolute atomic E-state index is 12.6. The number of nitrogens with one attached hydrogen (secondary N) is 1. The maximum atomic E-state index is 12.6. The molecule has 1 aromatic carbocycles. The number of hydrogen-bond donors (Lipinski definition) is 1. The number of carbonyl (C=O) groups is 1. The molecule has 4 heteroatoms. The zero-order chi connectivity index (χ0) is 17.8. The van der Waals surface area contributed by atoms with Crippen molar-refractivity contribution < 1.29 is 4.79 Å². The number of piperidine rings is 1. The Morgan fingerprint density at radius 3 is 2.52 bits per heavy atom. The first kappa shape index (κ1) is 17.5. The van der Waals surface area contributed by atoms with Crippen LogP contribution in [0.5, 0.6) is 0 Å². The van der Waals surface area contributed by atoms with Crippen molar-refractivity contribution in [2.75, 3.05) is 23.3 Å². The van der Waals surface area contributed by atoms with E-state index in [-0.39, 0.29) is 5.91 Å². The Kier molecular flexibility index (Phi) is 5.37. The number of benzene rings is 1. The van der Waals surface area contributed by atoms with E-state index in [4.69, 9.17) is 0 Å². The van der Waals surface area contributed by atoms with Gasteiger partial charge in [0, 0.05) is 18.8 Å². The van der Waals surface area contributed by atoms with Crippen LogP contribution in [0.25, 0.3) is 0 Å². The summed E-state index contributed by atoms with van der Waals surface area (Å²) in [6.07, 6.45) is 5.58. The number of aryl methyl sites for hydroxylation is 1. The first-order chi connectivity index (χ1) is 12.1. The van der Waals surface area contributed by atoms with Crippen LogP contribution in [-0.4, -0.2) is 24.0 Å². The average Bonchev–Trinajstić information content (AvgIpc) is 2.64. The molecule has 1 fully saturated rings. The van der Waals surface area contributed by atoms with Crippen molar-refractivity contribution in [1.82, 2.24) is 4.98 Å². The van der Waals surface area contributed by atoms with Crippen molar-refractivity contribution in [3.05, 3.63) is 53.3 Å². The topological polar surface area (TPSA) is 45.2 Å². The number of amides is 1. The third kappa shape index (κ3) is 4.01. The summed E-state index contributed by atoms with van der Waals surface area (Å²) in [5, 5.41) is 3.06. The maximum Gasteiger partial charge on any atom is 0.274 e. The van der Waals surface area contributed by atoms with E-state index < -0.39 is 0 Å². The van der Waals surface area contributed by atoms with Crippen molar-refractivity contribution in [2.45, 2.75) is 46.0 Å². The van der Waals surface area contributed by atoms with Crippen molar-refractivity contribution >= 4 is 17.3 Å². The number of carbonyl (C=O) groups excluding carboxylic acids is 1. The molecule has 4 nitrogen and oxygen atoms in total. The van der Waals surface area contributed by atoms with Gasteiger partial charge in [0.25, 0.3) is 5.91 Å². The van der Waals surface area contributed by atoms with Gasteiger partial charge in [0.1, 0.15) is 5.69 Å². The fourth-order valence-corrected chi connectivity index (χ4v) is 3.38. The quantitative estimate of drug-likeness (QED) is 0.875. The largest absolute Gasteiger partial charge is 0.370 e. The third-order valence-electron chi connectivity index (χ3n) is 4.87. The molecule has 0 radical (unpaired) electrons. The lowest BCUT2D eigenvalue weighted by Gasteiger charge is -2.28. The first-order valence-electron chi connectivity index (χ1n) is 9.18. The van der Waals surface area contributed by atoms with E-state index in [0.717, 1.165) is 35.6 Å². The highest BCUT2D eigenvalue weighted by Crippen LogP contribution is 2.28. The standard InChI is InChI=1S/C21H27N3O/c1-15(2)18-9-7-8-16(3)20(18)23-21(25)19-11-10-17(14-22-19)24-12-5-4-6-13-24/h7-11,14-15H,4-6,12-13H2,1-3H3,(H,23,25). The molecule has 1 aliphatic rings. The molecule has 0 bridgehead atoms. The SMILES string of the molecule is Cc1cccc(C(C)C)c1NC(=O)c1ccc(N2CCCCC2)cn1. The average molecular weight is 337 g/mol. The Labute approximate surface area is 150 Å². The molecule has 0 saturated carbocycles. The van der Waals surface area contributed by atoms with Gasteiger partial charge in [0.2, 0.25) is 0 Å². The highest BCUT2D eigenvalue weighted by atomic mass is 16.1. The van der Waals surface area contributed by atoms with Gasteiger partial charge in [-0.15, -0.1) is 0 Å². The second-order valence-corrected chi connectivity index (χ2v) is 7.10. The first-order valence-corrected chi connectivity index (χ1v) is 9.18. The van der Waals surface area contributed by atoms with Crippen LogP contribution in [-0.2, 0) is 0 Å². The van der Waals surface area contributed by atoms with E-state index in [9.17, 15) is 4.79 Å². The minimum absolute atomic E-state index is 0.151. The van der Waals surface area contributed by atoms with Crippen LogP contribution >= 0.6 is 0 Å². The van der Waals surface area contributed by atoms with Crippen LogP contribution < -0.4 is 10.2 Å². The van der Waals surface area contributed by atoms with Gasteiger partial charge < -0.3 is 10.2 Å². The summed E-state index contributed by atoms with van der Waals surface area (Å²) in [5.74, 6) is 0.200. The molecular weight excluding hydrogens is 310 g/mol. The van der Waals surface area contributed by atoms with Crippen molar-refractivity contribution in [1.29, 1.82) is 0 Å². The molecule has 1 amide bonds. The van der Waals surface area contributed by atoms with Crippen LogP contribution in [0.3, 0.4) is 0 Å². The number of rotatable bonds is 4. The fourth-order valence-electron chi connectivity index (χ4n) is 3.38. The van der Waals surface area contributed by atoms with Crippen molar-refractivity contribution in [3.8, 4) is 0 Å². The monoisotopic (exact) mass is 337 g/mol. The van der Waals surface area contributed by atoms with Crippen LogP contribution in [0.15, 0.2) is 36.5 Å². The summed E-state index contributed by atoms with van der Waals surface area (Å²) in [6, 6.07) is 9.96. The van der Waals surface area contributed by atoms with E-state index >= 15 is 0 Å². The van der Waals surface area contributed by atoms with Gasteiger partial charge in [0.05, 0.1) is 11.9 Å². The molecule has 2 aromatic rings. The summed E-state index contributed by atoms with van der Waals surface area (Å²) in [7, 11) is 0. The van der Waals surface area contributed by atoms with Gasteiger partial charge >= 0.3 is 0 Å². The van der Waals surface area contributed by atoms with Gasteiger partial charge in [-0.05, 0) is 55.4 Å². The number of nitrogens with zero attached hydrogens (tertiary/aromatic N) is 2. The Bertz CT molecular complexity index is 731. The number of pyridine rings is 1. The predicted molar refractivity (Wildman–Crippen MR) is 104 cm³/mol. The normalized spacial score (nSPS) is 14.6. The van der Waals surface area contributed by atoms with Crippen LogP contribution in [0.1, 0.15) is 60.6 Å². The van der Waals surface area contributed by atoms with Gasteiger partial charge in [-0.2, -0.15) is 0 Å². The number of hydrogen-bond acceptors (Lipinski definition) is 3.